The maximum Gasteiger partial charge on any atom is 0.138 e. The Morgan fingerprint density at radius 1 is 1.15 bits per heavy atom. The summed E-state index contributed by atoms with van der Waals surface area (Å²) in [7, 11) is 0. The van der Waals surface area contributed by atoms with Gasteiger partial charge < -0.3 is 9.84 Å². The van der Waals surface area contributed by atoms with E-state index in [0.717, 1.165) is 18.4 Å². The Balaban J connectivity index is 1.79. The number of hydrogen-bond acceptors (Lipinski definition) is 3. The fourth-order valence-electron chi connectivity index (χ4n) is 1.82. The van der Waals surface area contributed by atoms with Gasteiger partial charge in [0.1, 0.15) is 12.4 Å². The van der Waals surface area contributed by atoms with Crippen LogP contribution in [0.3, 0.4) is 0 Å². The van der Waals surface area contributed by atoms with E-state index in [1.165, 1.54) is 5.56 Å². The molecule has 0 aliphatic heterocycles. The first-order valence-electron chi connectivity index (χ1n) is 6.60. The number of pyridine rings is 1. The highest BCUT2D eigenvalue weighted by Crippen LogP contribution is 2.11. The number of benzene rings is 1. The van der Waals surface area contributed by atoms with Crippen molar-refractivity contribution in [1.82, 2.24) is 4.98 Å². The van der Waals surface area contributed by atoms with Crippen LogP contribution in [0.25, 0.3) is 0 Å². The lowest BCUT2D eigenvalue weighted by atomic mass is 10.1. The van der Waals surface area contributed by atoms with E-state index in [-0.39, 0.29) is 6.61 Å². The van der Waals surface area contributed by atoms with E-state index in [1.807, 2.05) is 24.3 Å². The molecule has 0 bridgehead atoms. The van der Waals surface area contributed by atoms with Crippen LogP contribution in [0.2, 0.25) is 0 Å². The van der Waals surface area contributed by atoms with E-state index in [0.29, 0.717) is 12.4 Å². The number of rotatable bonds is 5. The van der Waals surface area contributed by atoms with Crippen LogP contribution in [0.1, 0.15) is 17.5 Å². The number of hydrogen-bond donors (Lipinski definition) is 1. The monoisotopic (exact) mass is 267 g/mol. The number of aromatic nitrogens is 1. The second-order valence-corrected chi connectivity index (χ2v) is 4.31. The summed E-state index contributed by atoms with van der Waals surface area (Å²) in [5.41, 5.74) is 2.07. The zero-order chi connectivity index (χ0) is 14.0. The number of aliphatic hydroxyl groups is 1. The van der Waals surface area contributed by atoms with Gasteiger partial charge in [0.05, 0.1) is 12.8 Å². The van der Waals surface area contributed by atoms with Crippen molar-refractivity contribution in [3.63, 3.8) is 0 Å². The Morgan fingerprint density at radius 2 is 2.00 bits per heavy atom. The molecule has 0 radical (unpaired) electrons. The fourth-order valence-corrected chi connectivity index (χ4v) is 1.82. The van der Waals surface area contributed by atoms with Crippen LogP contribution in [0.4, 0.5) is 0 Å². The van der Waals surface area contributed by atoms with E-state index >= 15 is 0 Å². The molecule has 1 heterocycles. The molecule has 0 fully saturated rings. The summed E-state index contributed by atoms with van der Waals surface area (Å²) < 4.78 is 5.66. The third-order valence-electron chi connectivity index (χ3n) is 2.75. The van der Waals surface area contributed by atoms with Gasteiger partial charge in [0.2, 0.25) is 0 Å². The molecule has 0 spiro atoms. The average Bonchev–Trinajstić information content (AvgIpc) is 2.51. The second-order valence-electron chi connectivity index (χ2n) is 4.31. The molecule has 0 saturated carbocycles. The summed E-state index contributed by atoms with van der Waals surface area (Å²) in [5, 5.41) is 8.65. The van der Waals surface area contributed by atoms with Gasteiger partial charge in [-0.05, 0) is 24.5 Å². The Bertz CT molecular complexity index is 585. The predicted molar refractivity (Wildman–Crippen MR) is 78.5 cm³/mol. The van der Waals surface area contributed by atoms with Gasteiger partial charge in [-0.25, -0.2) is 0 Å². The second kappa shape index (κ2) is 7.98. The highest BCUT2D eigenvalue weighted by molar-refractivity contribution is 5.36. The van der Waals surface area contributed by atoms with Gasteiger partial charge in [-0.1, -0.05) is 42.2 Å². The van der Waals surface area contributed by atoms with Gasteiger partial charge in [-0.3, -0.25) is 4.98 Å². The zero-order valence-electron chi connectivity index (χ0n) is 11.2. The topological polar surface area (TPSA) is 42.4 Å². The summed E-state index contributed by atoms with van der Waals surface area (Å²) in [6, 6.07) is 12.2. The van der Waals surface area contributed by atoms with E-state index in [2.05, 4.69) is 29.0 Å². The summed E-state index contributed by atoms with van der Waals surface area (Å²) in [6.45, 7) is 0.496. The molecule has 0 amide bonds. The average molecular weight is 267 g/mol. The van der Waals surface area contributed by atoms with Crippen LogP contribution < -0.4 is 4.74 Å². The maximum atomic E-state index is 8.65. The summed E-state index contributed by atoms with van der Waals surface area (Å²) in [5.74, 6) is 6.11. The highest BCUT2D eigenvalue weighted by atomic mass is 16.5. The molecule has 0 aliphatic rings. The molecule has 1 aromatic carbocycles. The number of aryl methyl sites for hydroxylation is 1. The van der Waals surface area contributed by atoms with Crippen molar-refractivity contribution < 1.29 is 9.84 Å². The van der Waals surface area contributed by atoms with Crippen molar-refractivity contribution in [2.45, 2.75) is 12.8 Å². The highest BCUT2D eigenvalue weighted by Gasteiger charge is 1.97. The first kappa shape index (κ1) is 14.1. The first-order valence-corrected chi connectivity index (χ1v) is 6.60. The molecule has 2 aromatic rings. The number of aliphatic hydroxyl groups excluding tert-OH is 1. The minimum absolute atomic E-state index is 0.151. The van der Waals surface area contributed by atoms with Gasteiger partial charge in [0.25, 0.3) is 0 Å². The lowest BCUT2D eigenvalue weighted by Gasteiger charge is -2.06. The number of ether oxygens (including phenoxy) is 1. The van der Waals surface area contributed by atoms with Crippen LogP contribution in [0.5, 0.6) is 5.75 Å². The molecule has 20 heavy (non-hydrogen) atoms. The van der Waals surface area contributed by atoms with Crippen molar-refractivity contribution in [3.8, 4) is 17.6 Å². The van der Waals surface area contributed by atoms with Gasteiger partial charge in [0, 0.05) is 11.8 Å². The quantitative estimate of drug-likeness (QED) is 0.668. The summed E-state index contributed by atoms with van der Waals surface area (Å²) in [4.78, 5) is 4.07. The molecule has 0 aliphatic carbocycles. The third-order valence-corrected chi connectivity index (χ3v) is 2.75. The van der Waals surface area contributed by atoms with E-state index in [9.17, 15) is 0 Å². The fraction of sp³-hybridized carbons (Fsp3) is 0.235. The molecule has 0 atom stereocenters. The molecule has 102 valence electrons. The van der Waals surface area contributed by atoms with Crippen molar-refractivity contribution in [3.05, 3.63) is 59.9 Å². The first-order chi connectivity index (χ1) is 9.88. The van der Waals surface area contributed by atoms with E-state index in [4.69, 9.17) is 9.84 Å². The largest absolute Gasteiger partial charge is 0.492 e. The predicted octanol–water partition coefficient (Wildman–Crippen LogP) is 2.44. The van der Waals surface area contributed by atoms with Crippen molar-refractivity contribution >= 4 is 0 Å². The smallest absolute Gasteiger partial charge is 0.138 e. The van der Waals surface area contributed by atoms with Crippen LogP contribution >= 0.6 is 0 Å². The summed E-state index contributed by atoms with van der Waals surface area (Å²) >= 11 is 0. The standard InChI is InChI=1S/C17H17NO2/c19-10-4-8-16-12-17(14-18-13-16)20-11-5-9-15-6-2-1-3-7-15/h1-3,6-7,12-14,19H,5,9-11H2. The number of nitrogens with zero attached hydrogens (tertiary/aromatic N) is 1. The lowest BCUT2D eigenvalue weighted by molar-refractivity contribution is 0.310. The maximum absolute atomic E-state index is 8.65. The normalized spacial score (nSPS) is 9.65. The molecule has 1 aromatic heterocycles. The van der Waals surface area contributed by atoms with Crippen LogP contribution in [0.15, 0.2) is 48.8 Å². The Morgan fingerprint density at radius 3 is 2.80 bits per heavy atom. The molecule has 1 N–H and O–H groups in total. The van der Waals surface area contributed by atoms with Gasteiger partial charge in [0.15, 0.2) is 0 Å². The van der Waals surface area contributed by atoms with Gasteiger partial charge in [-0.2, -0.15) is 0 Å². The lowest BCUT2D eigenvalue weighted by Crippen LogP contribution is -2.00. The molecule has 3 heteroatoms. The Kier molecular flexibility index (Phi) is 5.63. The minimum Gasteiger partial charge on any atom is -0.492 e. The third kappa shape index (κ3) is 4.75. The molecular formula is C17H17NO2. The van der Waals surface area contributed by atoms with Crippen molar-refractivity contribution in [2.75, 3.05) is 13.2 Å². The van der Waals surface area contributed by atoms with Crippen molar-refractivity contribution in [1.29, 1.82) is 0 Å². The molecule has 2 rings (SSSR count). The van der Waals surface area contributed by atoms with Gasteiger partial charge in [-0.15, -0.1) is 0 Å². The minimum atomic E-state index is -0.151. The molecule has 0 saturated heterocycles. The molecule has 3 nitrogen and oxygen atoms in total. The van der Waals surface area contributed by atoms with Crippen LogP contribution in [-0.4, -0.2) is 23.3 Å². The van der Waals surface area contributed by atoms with Crippen LogP contribution in [-0.2, 0) is 6.42 Å². The summed E-state index contributed by atoms with van der Waals surface area (Å²) in [6.07, 6.45) is 5.28. The molecular weight excluding hydrogens is 250 g/mol. The Labute approximate surface area is 119 Å². The van der Waals surface area contributed by atoms with Crippen molar-refractivity contribution in [2.24, 2.45) is 0 Å². The van der Waals surface area contributed by atoms with E-state index < -0.39 is 0 Å². The SMILES string of the molecule is OCC#Cc1cncc(OCCCc2ccccc2)c1. The molecule has 0 unspecified atom stereocenters. The van der Waals surface area contributed by atoms with Gasteiger partial charge >= 0.3 is 0 Å². The Hall–Kier alpha value is -2.31. The van der Waals surface area contributed by atoms with E-state index in [1.54, 1.807) is 12.4 Å². The van der Waals surface area contributed by atoms with Crippen LogP contribution in [0, 0.1) is 11.8 Å². The zero-order valence-corrected chi connectivity index (χ0v) is 11.2.